The third-order valence-electron chi connectivity index (χ3n) is 2.73. The Kier molecular flexibility index (Phi) is 12.8. The number of hydrogen-bond acceptors (Lipinski definition) is 6. The van der Waals surface area contributed by atoms with Gasteiger partial charge in [0.1, 0.15) is 0 Å². The predicted octanol–water partition coefficient (Wildman–Crippen LogP) is 4.41. The topological polar surface area (TPSA) is 78.9 Å². The molecule has 0 fully saturated rings. The van der Waals surface area contributed by atoms with Gasteiger partial charge in [0.2, 0.25) is 0 Å². The summed E-state index contributed by atoms with van der Waals surface area (Å²) in [4.78, 5) is 34.8. The molecule has 0 bridgehead atoms. The average molecular weight is 334 g/mol. The molecule has 22 heavy (non-hydrogen) atoms. The van der Waals surface area contributed by atoms with Gasteiger partial charge in [-0.05, 0) is 19.3 Å². The zero-order valence-electron chi connectivity index (χ0n) is 13.8. The van der Waals surface area contributed by atoms with Crippen LogP contribution >= 0.6 is 8.60 Å². The monoisotopic (exact) mass is 334 g/mol. The predicted molar refractivity (Wildman–Crippen MR) is 83.8 cm³/mol. The van der Waals surface area contributed by atoms with Crippen molar-refractivity contribution in [3.63, 3.8) is 0 Å². The zero-order valence-corrected chi connectivity index (χ0v) is 14.7. The smallest absolute Gasteiger partial charge is 0.375 e. The van der Waals surface area contributed by atoms with E-state index in [4.69, 9.17) is 13.6 Å². The maximum Gasteiger partial charge on any atom is 0.537 e. The molecule has 0 aromatic carbocycles. The molecule has 0 aliphatic heterocycles. The second-order valence-corrected chi connectivity index (χ2v) is 5.92. The molecule has 0 heterocycles. The second-order valence-electron chi connectivity index (χ2n) is 4.92. The molecule has 0 aliphatic carbocycles. The molecule has 0 aromatic rings. The van der Waals surface area contributed by atoms with Crippen molar-refractivity contribution in [2.24, 2.45) is 0 Å². The SMILES string of the molecule is CCCCC(=O)OP(OC(=O)CCCC)OC(=O)CCCC. The molecule has 0 aliphatic rings. The van der Waals surface area contributed by atoms with Gasteiger partial charge in [-0.3, -0.25) is 14.4 Å². The summed E-state index contributed by atoms with van der Waals surface area (Å²) in [5.41, 5.74) is 0. The van der Waals surface area contributed by atoms with E-state index in [-0.39, 0.29) is 19.3 Å². The molecule has 0 unspecified atom stereocenters. The first-order valence-corrected chi connectivity index (χ1v) is 9.05. The van der Waals surface area contributed by atoms with Gasteiger partial charge in [-0.1, -0.05) is 40.0 Å². The summed E-state index contributed by atoms with van der Waals surface area (Å²) >= 11 is 0. The average Bonchev–Trinajstić information content (AvgIpc) is 2.48. The molecule has 0 aromatic heterocycles. The van der Waals surface area contributed by atoms with E-state index >= 15 is 0 Å². The lowest BCUT2D eigenvalue weighted by atomic mass is 10.3. The lowest BCUT2D eigenvalue weighted by molar-refractivity contribution is -0.142. The van der Waals surface area contributed by atoms with E-state index in [1.54, 1.807) is 0 Å². The maximum atomic E-state index is 11.6. The molecule has 0 amide bonds. The van der Waals surface area contributed by atoms with Crippen LogP contribution in [0, 0.1) is 0 Å². The van der Waals surface area contributed by atoms with Crippen molar-refractivity contribution >= 4 is 26.5 Å². The van der Waals surface area contributed by atoms with Crippen molar-refractivity contribution < 1.29 is 28.0 Å². The van der Waals surface area contributed by atoms with Crippen LogP contribution in [0.3, 0.4) is 0 Å². The first kappa shape index (κ1) is 20.8. The minimum atomic E-state index is -2.28. The van der Waals surface area contributed by atoms with Gasteiger partial charge in [0.05, 0.1) is 0 Å². The van der Waals surface area contributed by atoms with Crippen molar-refractivity contribution in [1.29, 1.82) is 0 Å². The standard InChI is InChI=1S/C15H27O6P/c1-4-7-10-13(16)19-22(20-14(17)11-8-5-2)21-15(18)12-9-6-3/h4-12H2,1-3H3. The highest BCUT2D eigenvalue weighted by Gasteiger charge is 2.26. The van der Waals surface area contributed by atoms with Crippen LogP contribution < -0.4 is 0 Å². The summed E-state index contributed by atoms with van der Waals surface area (Å²) in [7, 11) is -2.28. The third kappa shape index (κ3) is 11.5. The van der Waals surface area contributed by atoms with Crippen LogP contribution in [0.5, 0.6) is 0 Å². The zero-order chi connectivity index (χ0) is 16.8. The molecule has 128 valence electrons. The Hall–Kier alpha value is -1.16. The molecule has 0 spiro atoms. The van der Waals surface area contributed by atoms with E-state index in [1.165, 1.54) is 0 Å². The molecular weight excluding hydrogens is 307 g/mol. The Morgan fingerprint density at radius 1 is 0.636 bits per heavy atom. The Bertz CT molecular complexity index is 293. The van der Waals surface area contributed by atoms with E-state index in [1.807, 2.05) is 20.8 Å². The molecule has 6 nitrogen and oxygen atoms in total. The fraction of sp³-hybridized carbons (Fsp3) is 0.800. The van der Waals surface area contributed by atoms with Crippen LogP contribution in [0.2, 0.25) is 0 Å². The van der Waals surface area contributed by atoms with E-state index in [9.17, 15) is 14.4 Å². The molecule has 7 heteroatoms. The van der Waals surface area contributed by atoms with Crippen LogP contribution in [0.25, 0.3) is 0 Å². The normalized spacial score (nSPS) is 10.4. The largest absolute Gasteiger partial charge is 0.537 e. The molecule has 0 N–H and O–H groups in total. The van der Waals surface area contributed by atoms with Crippen LogP contribution in [0.4, 0.5) is 0 Å². The molecule has 0 saturated heterocycles. The molecule has 0 rings (SSSR count). The Labute approximate surface area is 133 Å². The number of hydrogen-bond donors (Lipinski definition) is 0. The summed E-state index contributed by atoms with van der Waals surface area (Å²) in [5.74, 6) is -1.54. The van der Waals surface area contributed by atoms with E-state index < -0.39 is 26.5 Å². The van der Waals surface area contributed by atoms with Crippen molar-refractivity contribution in [2.75, 3.05) is 0 Å². The minimum absolute atomic E-state index is 0.217. The van der Waals surface area contributed by atoms with Gasteiger partial charge in [-0.15, -0.1) is 0 Å². The van der Waals surface area contributed by atoms with Crippen LogP contribution in [-0.2, 0) is 28.0 Å². The van der Waals surface area contributed by atoms with Crippen LogP contribution in [0.1, 0.15) is 78.6 Å². The van der Waals surface area contributed by atoms with Gasteiger partial charge >= 0.3 is 26.5 Å². The Morgan fingerprint density at radius 2 is 0.909 bits per heavy atom. The third-order valence-corrected chi connectivity index (χ3v) is 3.79. The van der Waals surface area contributed by atoms with E-state index in [2.05, 4.69) is 0 Å². The summed E-state index contributed by atoms with van der Waals surface area (Å²) in [6.07, 6.45) is 5.22. The second kappa shape index (κ2) is 13.5. The Morgan fingerprint density at radius 3 is 1.14 bits per heavy atom. The quantitative estimate of drug-likeness (QED) is 0.492. The Balaban J connectivity index is 4.44. The van der Waals surface area contributed by atoms with Crippen molar-refractivity contribution in [3.8, 4) is 0 Å². The fourth-order valence-electron chi connectivity index (χ4n) is 1.41. The van der Waals surface area contributed by atoms with Crippen LogP contribution in [-0.4, -0.2) is 17.9 Å². The van der Waals surface area contributed by atoms with Crippen LogP contribution in [0.15, 0.2) is 0 Å². The first-order valence-electron chi connectivity index (χ1n) is 7.95. The summed E-state index contributed by atoms with van der Waals surface area (Å²) < 4.78 is 15.0. The maximum absolute atomic E-state index is 11.6. The molecule has 0 radical (unpaired) electrons. The highest BCUT2D eigenvalue weighted by atomic mass is 31.2. The first-order chi connectivity index (χ1) is 10.5. The highest BCUT2D eigenvalue weighted by Crippen LogP contribution is 2.41. The lowest BCUT2D eigenvalue weighted by Gasteiger charge is -2.14. The summed E-state index contributed by atoms with van der Waals surface area (Å²) in [6, 6.07) is 0. The van der Waals surface area contributed by atoms with Crippen molar-refractivity contribution in [1.82, 2.24) is 0 Å². The molecule has 0 atom stereocenters. The fourth-order valence-corrected chi connectivity index (χ4v) is 2.29. The summed E-state index contributed by atoms with van der Waals surface area (Å²) in [5, 5.41) is 0. The number of carbonyl (C=O) groups is 3. The van der Waals surface area contributed by atoms with E-state index in [0.717, 1.165) is 19.3 Å². The molecular formula is C15H27O6P. The minimum Gasteiger partial charge on any atom is -0.375 e. The summed E-state index contributed by atoms with van der Waals surface area (Å²) in [6.45, 7) is 5.85. The van der Waals surface area contributed by atoms with Gasteiger partial charge in [-0.2, -0.15) is 0 Å². The molecule has 0 saturated carbocycles. The van der Waals surface area contributed by atoms with Gasteiger partial charge < -0.3 is 13.6 Å². The van der Waals surface area contributed by atoms with Gasteiger partial charge in [0.15, 0.2) is 0 Å². The lowest BCUT2D eigenvalue weighted by Crippen LogP contribution is -2.11. The van der Waals surface area contributed by atoms with Gasteiger partial charge in [-0.25, -0.2) is 0 Å². The number of rotatable bonds is 12. The van der Waals surface area contributed by atoms with Gasteiger partial charge in [0.25, 0.3) is 0 Å². The number of carbonyl (C=O) groups excluding carboxylic acids is 3. The number of unbranched alkanes of at least 4 members (excludes halogenated alkanes) is 3. The highest BCUT2D eigenvalue weighted by molar-refractivity contribution is 7.43. The van der Waals surface area contributed by atoms with Crippen molar-refractivity contribution in [3.05, 3.63) is 0 Å². The van der Waals surface area contributed by atoms with Crippen molar-refractivity contribution in [2.45, 2.75) is 78.6 Å². The van der Waals surface area contributed by atoms with Gasteiger partial charge in [0, 0.05) is 19.3 Å². The van der Waals surface area contributed by atoms with E-state index in [0.29, 0.717) is 19.3 Å².